The number of methoxy groups -OCH3 is 1. The maximum absolute atomic E-state index is 10.0. The first-order valence-electron chi connectivity index (χ1n) is 7.70. The first kappa shape index (κ1) is 18.1. The maximum Gasteiger partial charge on any atom is 0.0681 e. The largest absolute Gasteiger partial charge is 0.394 e. The summed E-state index contributed by atoms with van der Waals surface area (Å²) in [5.41, 5.74) is 0.763. The van der Waals surface area contributed by atoms with E-state index in [2.05, 4.69) is 43.2 Å². The predicted molar refractivity (Wildman–Crippen MR) is 87.5 cm³/mol. The van der Waals surface area contributed by atoms with Gasteiger partial charge in [0.15, 0.2) is 0 Å². The van der Waals surface area contributed by atoms with Crippen molar-refractivity contribution in [1.29, 1.82) is 0 Å². The number of ether oxygens (including phenoxy) is 1. The van der Waals surface area contributed by atoms with E-state index >= 15 is 0 Å². The van der Waals surface area contributed by atoms with Gasteiger partial charge in [-0.15, -0.1) is 0 Å². The van der Waals surface area contributed by atoms with Crippen LogP contribution in [0.2, 0.25) is 0 Å². The average Bonchev–Trinajstić information content (AvgIpc) is 2.52. The van der Waals surface area contributed by atoms with E-state index in [1.165, 1.54) is 0 Å². The van der Waals surface area contributed by atoms with Gasteiger partial charge < -0.3 is 20.1 Å². The molecule has 0 aromatic heterocycles. The molecule has 2 unspecified atom stereocenters. The van der Waals surface area contributed by atoms with Crippen molar-refractivity contribution in [2.24, 2.45) is 0 Å². The minimum atomic E-state index is -0.378. The molecule has 2 atom stereocenters. The fourth-order valence-corrected chi connectivity index (χ4v) is 2.61. The van der Waals surface area contributed by atoms with Crippen molar-refractivity contribution in [1.82, 2.24) is 10.2 Å². The number of rotatable bonds is 10. The summed E-state index contributed by atoms with van der Waals surface area (Å²) in [7, 11) is 3.83. The van der Waals surface area contributed by atoms with Gasteiger partial charge in [-0.1, -0.05) is 37.3 Å². The molecule has 1 rings (SSSR count). The van der Waals surface area contributed by atoms with Crippen LogP contribution < -0.4 is 5.32 Å². The Bertz CT molecular complexity index is 386. The Morgan fingerprint density at radius 1 is 1.33 bits per heavy atom. The molecule has 0 aliphatic rings. The van der Waals surface area contributed by atoms with Crippen LogP contribution in [0.1, 0.15) is 25.8 Å². The number of nitrogens with zero attached hydrogens (tertiary/aromatic N) is 1. The van der Waals surface area contributed by atoms with Crippen LogP contribution in [-0.2, 0) is 10.3 Å². The number of nitrogens with one attached hydrogen (secondary N) is 1. The zero-order valence-corrected chi connectivity index (χ0v) is 13.8. The number of aliphatic hydroxyl groups excluding tert-OH is 1. The van der Waals surface area contributed by atoms with E-state index in [0.717, 1.165) is 31.7 Å². The number of aliphatic hydroxyl groups is 1. The van der Waals surface area contributed by atoms with Crippen LogP contribution in [-0.4, -0.2) is 56.5 Å². The van der Waals surface area contributed by atoms with Crippen LogP contribution >= 0.6 is 0 Å². The highest BCUT2D eigenvalue weighted by Gasteiger charge is 2.30. The Morgan fingerprint density at radius 3 is 2.52 bits per heavy atom. The molecule has 0 saturated heterocycles. The lowest BCUT2D eigenvalue weighted by Gasteiger charge is -2.36. The summed E-state index contributed by atoms with van der Waals surface area (Å²) in [6.45, 7) is 6.76. The van der Waals surface area contributed by atoms with Gasteiger partial charge in [0.05, 0.1) is 18.8 Å². The average molecular weight is 294 g/mol. The van der Waals surface area contributed by atoms with Crippen molar-refractivity contribution in [2.45, 2.75) is 31.8 Å². The summed E-state index contributed by atoms with van der Waals surface area (Å²) in [6.07, 6.45) is 0.853. The summed E-state index contributed by atoms with van der Waals surface area (Å²) >= 11 is 0. The SMILES string of the molecule is CCNC(CO)(CCN(C)C(C)COC)c1ccccc1. The molecular weight excluding hydrogens is 264 g/mol. The molecule has 2 N–H and O–H groups in total. The third kappa shape index (κ3) is 5.08. The molecule has 0 saturated carbocycles. The third-order valence-electron chi connectivity index (χ3n) is 4.16. The molecule has 0 fully saturated rings. The summed E-state index contributed by atoms with van der Waals surface area (Å²) < 4.78 is 5.21. The molecule has 0 spiro atoms. The van der Waals surface area contributed by atoms with Crippen LogP contribution in [0.15, 0.2) is 30.3 Å². The van der Waals surface area contributed by atoms with Gasteiger partial charge in [0, 0.05) is 19.7 Å². The molecule has 0 bridgehead atoms. The van der Waals surface area contributed by atoms with E-state index in [0.29, 0.717) is 6.04 Å². The Hall–Kier alpha value is -0.940. The van der Waals surface area contributed by atoms with Gasteiger partial charge in [-0.05, 0) is 32.5 Å². The third-order valence-corrected chi connectivity index (χ3v) is 4.16. The second-order valence-electron chi connectivity index (χ2n) is 5.67. The molecule has 0 aliphatic heterocycles. The van der Waals surface area contributed by atoms with Crippen molar-refractivity contribution >= 4 is 0 Å². The van der Waals surface area contributed by atoms with Crippen molar-refractivity contribution in [3.8, 4) is 0 Å². The lowest BCUT2D eigenvalue weighted by atomic mass is 9.87. The van der Waals surface area contributed by atoms with Crippen LogP contribution in [0.25, 0.3) is 0 Å². The number of likely N-dealkylation sites (N-methyl/N-ethyl adjacent to an activating group) is 2. The molecule has 4 nitrogen and oxygen atoms in total. The van der Waals surface area contributed by atoms with Crippen molar-refractivity contribution in [3.05, 3.63) is 35.9 Å². The second kappa shape index (κ2) is 9.15. The van der Waals surface area contributed by atoms with E-state index in [9.17, 15) is 5.11 Å². The fourth-order valence-electron chi connectivity index (χ4n) is 2.61. The molecule has 0 amide bonds. The van der Waals surface area contributed by atoms with Gasteiger partial charge in [-0.25, -0.2) is 0 Å². The summed E-state index contributed by atoms with van der Waals surface area (Å²) in [4.78, 5) is 2.27. The summed E-state index contributed by atoms with van der Waals surface area (Å²) in [5, 5.41) is 13.5. The molecule has 0 radical (unpaired) electrons. The van der Waals surface area contributed by atoms with Gasteiger partial charge >= 0.3 is 0 Å². The Labute approximate surface area is 129 Å². The van der Waals surface area contributed by atoms with Crippen molar-refractivity contribution in [3.63, 3.8) is 0 Å². The molecule has 21 heavy (non-hydrogen) atoms. The Balaban J connectivity index is 2.79. The maximum atomic E-state index is 10.0. The Kier molecular flexibility index (Phi) is 7.89. The second-order valence-corrected chi connectivity index (χ2v) is 5.67. The zero-order valence-electron chi connectivity index (χ0n) is 13.8. The standard InChI is InChI=1S/C17H30N2O2/c1-5-18-17(14-20,16-9-7-6-8-10-16)11-12-19(3)15(2)13-21-4/h6-10,15,18,20H,5,11-14H2,1-4H3. The number of hydrogen-bond acceptors (Lipinski definition) is 4. The fraction of sp³-hybridized carbons (Fsp3) is 0.647. The molecule has 1 aromatic carbocycles. The minimum absolute atomic E-state index is 0.0946. The minimum Gasteiger partial charge on any atom is -0.394 e. The first-order valence-corrected chi connectivity index (χ1v) is 7.70. The van der Waals surface area contributed by atoms with Crippen molar-refractivity contribution in [2.75, 3.05) is 40.5 Å². The monoisotopic (exact) mass is 294 g/mol. The van der Waals surface area contributed by atoms with Crippen LogP contribution in [0.5, 0.6) is 0 Å². The number of benzene rings is 1. The van der Waals surface area contributed by atoms with Gasteiger partial charge in [0.1, 0.15) is 0 Å². The Morgan fingerprint density at radius 2 is 2.00 bits per heavy atom. The molecule has 0 heterocycles. The topological polar surface area (TPSA) is 44.7 Å². The quantitative estimate of drug-likeness (QED) is 0.691. The molecule has 4 heteroatoms. The molecule has 1 aromatic rings. The lowest BCUT2D eigenvalue weighted by molar-refractivity contribution is 0.0944. The summed E-state index contributed by atoms with van der Waals surface area (Å²) in [6, 6.07) is 10.6. The van der Waals surface area contributed by atoms with Gasteiger partial charge in [0.2, 0.25) is 0 Å². The highest BCUT2D eigenvalue weighted by Crippen LogP contribution is 2.25. The van der Waals surface area contributed by atoms with Gasteiger partial charge in [0.25, 0.3) is 0 Å². The van der Waals surface area contributed by atoms with E-state index in [-0.39, 0.29) is 12.1 Å². The van der Waals surface area contributed by atoms with E-state index < -0.39 is 0 Å². The molecular formula is C17H30N2O2. The van der Waals surface area contributed by atoms with Gasteiger partial charge in [-0.2, -0.15) is 0 Å². The normalized spacial score (nSPS) is 15.9. The highest BCUT2D eigenvalue weighted by atomic mass is 16.5. The van der Waals surface area contributed by atoms with Crippen LogP contribution in [0, 0.1) is 0 Å². The summed E-state index contributed by atoms with van der Waals surface area (Å²) in [5.74, 6) is 0. The van der Waals surface area contributed by atoms with Crippen LogP contribution in [0.3, 0.4) is 0 Å². The van der Waals surface area contributed by atoms with Crippen molar-refractivity contribution < 1.29 is 9.84 Å². The lowest BCUT2D eigenvalue weighted by Crippen LogP contribution is -2.48. The smallest absolute Gasteiger partial charge is 0.0681 e. The van der Waals surface area contributed by atoms with E-state index in [1.807, 2.05) is 18.2 Å². The van der Waals surface area contributed by atoms with Crippen LogP contribution in [0.4, 0.5) is 0 Å². The van der Waals surface area contributed by atoms with E-state index in [1.54, 1.807) is 7.11 Å². The molecule has 0 aliphatic carbocycles. The highest BCUT2D eigenvalue weighted by molar-refractivity contribution is 5.24. The molecule has 120 valence electrons. The number of hydrogen-bond donors (Lipinski definition) is 2. The zero-order chi connectivity index (χ0) is 15.7. The predicted octanol–water partition coefficient (Wildman–Crippen LogP) is 1.84. The van der Waals surface area contributed by atoms with Gasteiger partial charge in [-0.3, -0.25) is 0 Å². The van der Waals surface area contributed by atoms with E-state index in [4.69, 9.17) is 4.74 Å². The first-order chi connectivity index (χ1) is 10.1.